The van der Waals surface area contributed by atoms with Crippen LogP contribution in [0.4, 0.5) is 5.69 Å². The van der Waals surface area contributed by atoms with Crippen LogP contribution >= 0.6 is 0 Å². The van der Waals surface area contributed by atoms with Gasteiger partial charge < -0.3 is 5.32 Å². The van der Waals surface area contributed by atoms with Crippen molar-refractivity contribution in [2.45, 2.75) is 25.3 Å². The molecule has 2 fully saturated rings. The van der Waals surface area contributed by atoms with Gasteiger partial charge in [-0.1, -0.05) is 18.2 Å². The van der Waals surface area contributed by atoms with E-state index in [-0.39, 0.29) is 5.91 Å². The summed E-state index contributed by atoms with van der Waals surface area (Å²) in [6.07, 6.45) is 2.88. The van der Waals surface area contributed by atoms with Crippen LogP contribution in [-0.2, 0) is 4.79 Å². The molecule has 2 heterocycles. The molecule has 0 radical (unpaired) electrons. The fraction of sp³-hybridized carbons (Fsp3) is 0.500. The Hall–Kier alpha value is -1.39. The Balaban J connectivity index is 1.83. The summed E-state index contributed by atoms with van der Waals surface area (Å²) in [6.45, 7) is 2.97. The van der Waals surface area contributed by atoms with Crippen molar-refractivity contribution < 1.29 is 4.79 Å². The highest BCUT2D eigenvalue weighted by molar-refractivity contribution is 5.94. The first-order chi connectivity index (χ1) is 8.86. The molecule has 1 aromatic carbocycles. The molecule has 0 bridgehead atoms. The van der Waals surface area contributed by atoms with E-state index in [2.05, 4.69) is 10.3 Å². The second kappa shape index (κ2) is 5.08. The Kier molecular flexibility index (Phi) is 3.30. The van der Waals surface area contributed by atoms with E-state index >= 15 is 0 Å². The minimum Gasteiger partial charge on any atom is -0.317 e. The van der Waals surface area contributed by atoms with Gasteiger partial charge in [0.25, 0.3) is 0 Å². The van der Waals surface area contributed by atoms with Crippen molar-refractivity contribution in [2.24, 2.45) is 0 Å². The monoisotopic (exact) mass is 245 g/mol. The Labute approximate surface area is 108 Å². The highest BCUT2D eigenvalue weighted by Crippen LogP contribution is 2.26. The number of hydrogen-bond acceptors (Lipinski definition) is 3. The van der Waals surface area contributed by atoms with Gasteiger partial charge in [-0.2, -0.15) is 0 Å². The summed E-state index contributed by atoms with van der Waals surface area (Å²) in [5, 5.41) is 7.52. The summed E-state index contributed by atoms with van der Waals surface area (Å²) in [5.74, 6) is 0.222. The molecule has 0 unspecified atom stereocenters. The van der Waals surface area contributed by atoms with Gasteiger partial charge in [-0.3, -0.25) is 4.79 Å². The van der Waals surface area contributed by atoms with E-state index in [1.807, 2.05) is 35.3 Å². The first-order valence-electron chi connectivity index (χ1n) is 6.71. The fourth-order valence-electron chi connectivity index (χ4n) is 2.87. The van der Waals surface area contributed by atoms with Crippen LogP contribution in [0.25, 0.3) is 0 Å². The molecule has 2 saturated heterocycles. The standard InChI is InChI=1S/C14H19N3O/c18-14-8-11-16(12-6-9-15-10-7-12)17(14)13-4-2-1-3-5-13/h1-5,12,15H,6-11H2. The van der Waals surface area contributed by atoms with Crippen molar-refractivity contribution in [3.63, 3.8) is 0 Å². The molecule has 0 atom stereocenters. The number of hydrogen-bond donors (Lipinski definition) is 1. The van der Waals surface area contributed by atoms with Crippen LogP contribution in [0.1, 0.15) is 19.3 Å². The van der Waals surface area contributed by atoms with Gasteiger partial charge in [-0.25, -0.2) is 10.0 Å². The van der Waals surface area contributed by atoms with E-state index in [4.69, 9.17) is 0 Å². The highest BCUT2D eigenvalue weighted by atomic mass is 16.2. The largest absolute Gasteiger partial charge is 0.317 e. The quantitative estimate of drug-likeness (QED) is 0.855. The molecule has 1 amide bonds. The summed E-state index contributed by atoms with van der Waals surface area (Å²) in [7, 11) is 0. The molecule has 4 heteroatoms. The van der Waals surface area contributed by atoms with Crippen LogP contribution < -0.4 is 10.3 Å². The van der Waals surface area contributed by atoms with Crippen LogP contribution in [0.2, 0.25) is 0 Å². The van der Waals surface area contributed by atoms with Gasteiger partial charge in [0.05, 0.1) is 5.69 Å². The molecule has 2 aliphatic heterocycles. The third-order valence-electron chi connectivity index (χ3n) is 3.78. The lowest BCUT2D eigenvalue weighted by atomic mass is 10.1. The van der Waals surface area contributed by atoms with Crippen LogP contribution in [0.3, 0.4) is 0 Å². The zero-order chi connectivity index (χ0) is 12.4. The molecule has 3 rings (SSSR count). The first kappa shape index (κ1) is 11.7. The van der Waals surface area contributed by atoms with Crippen LogP contribution in [0, 0.1) is 0 Å². The normalized spacial score (nSPS) is 22.7. The van der Waals surface area contributed by atoms with Crippen molar-refractivity contribution in [3.05, 3.63) is 30.3 Å². The number of benzene rings is 1. The van der Waals surface area contributed by atoms with Crippen LogP contribution in [0.15, 0.2) is 30.3 Å². The number of nitrogens with one attached hydrogen (secondary N) is 1. The number of piperidine rings is 1. The Morgan fingerprint density at radius 3 is 2.56 bits per heavy atom. The van der Waals surface area contributed by atoms with E-state index in [1.165, 1.54) is 0 Å². The number of carbonyl (C=O) groups excluding carboxylic acids is 1. The van der Waals surface area contributed by atoms with Crippen LogP contribution in [-0.4, -0.2) is 36.6 Å². The molecular weight excluding hydrogens is 226 g/mol. The predicted molar refractivity (Wildman–Crippen MR) is 71.1 cm³/mol. The van der Waals surface area contributed by atoms with Crippen molar-refractivity contribution in [2.75, 3.05) is 24.6 Å². The summed E-state index contributed by atoms with van der Waals surface area (Å²) in [4.78, 5) is 12.1. The van der Waals surface area contributed by atoms with E-state index in [1.54, 1.807) is 0 Å². The molecule has 1 N–H and O–H groups in total. The molecule has 0 aliphatic carbocycles. The lowest BCUT2D eigenvalue weighted by Gasteiger charge is -2.37. The summed E-state index contributed by atoms with van der Waals surface area (Å²) < 4.78 is 0. The number of hydrazine groups is 1. The number of carbonyl (C=O) groups is 1. The minimum atomic E-state index is 0.222. The Morgan fingerprint density at radius 1 is 1.11 bits per heavy atom. The number of para-hydroxylation sites is 1. The second-order valence-corrected chi connectivity index (χ2v) is 4.94. The number of rotatable bonds is 2. The molecule has 0 aromatic heterocycles. The topological polar surface area (TPSA) is 35.6 Å². The van der Waals surface area contributed by atoms with Crippen LogP contribution in [0.5, 0.6) is 0 Å². The minimum absolute atomic E-state index is 0.222. The van der Waals surface area contributed by atoms with E-state index in [0.717, 1.165) is 38.2 Å². The van der Waals surface area contributed by atoms with E-state index < -0.39 is 0 Å². The smallest absolute Gasteiger partial charge is 0.242 e. The van der Waals surface area contributed by atoms with Gasteiger partial charge in [0.2, 0.25) is 5.91 Å². The third kappa shape index (κ3) is 2.13. The Bertz CT molecular complexity index is 414. The summed E-state index contributed by atoms with van der Waals surface area (Å²) in [6, 6.07) is 10.5. The molecule has 0 saturated carbocycles. The molecule has 1 aromatic rings. The lowest BCUT2D eigenvalue weighted by molar-refractivity contribution is -0.118. The molecule has 18 heavy (non-hydrogen) atoms. The maximum absolute atomic E-state index is 12.1. The molecule has 0 spiro atoms. The van der Waals surface area contributed by atoms with E-state index in [9.17, 15) is 4.79 Å². The second-order valence-electron chi connectivity index (χ2n) is 4.94. The zero-order valence-electron chi connectivity index (χ0n) is 10.5. The average molecular weight is 245 g/mol. The summed E-state index contributed by atoms with van der Waals surface area (Å²) in [5.41, 5.74) is 0.999. The van der Waals surface area contributed by atoms with Gasteiger partial charge >= 0.3 is 0 Å². The van der Waals surface area contributed by atoms with Gasteiger partial charge in [0, 0.05) is 19.0 Å². The molecule has 96 valence electrons. The van der Waals surface area contributed by atoms with Crippen molar-refractivity contribution in [1.82, 2.24) is 10.3 Å². The zero-order valence-corrected chi connectivity index (χ0v) is 10.5. The SMILES string of the molecule is O=C1CCN(C2CCNCC2)N1c1ccccc1. The van der Waals surface area contributed by atoms with Crippen molar-refractivity contribution in [1.29, 1.82) is 0 Å². The molecule has 4 nitrogen and oxygen atoms in total. The van der Waals surface area contributed by atoms with Crippen molar-refractivity contribution in [3.8, 4) is 0 Å². The van der Waals surface area contributed by atoms with Gasteiger partial charge in [0.15, 0.2) is 0 Å². The summed E-state index contributed by atoms with van der Waals surface area (Å²) >= 11 is 0. The van der Waals surface area contributed by atoms with Gasteiger partial charge in [0.1, 0.15) is 0 Å². The molecular formula is C14H19N3O. The van der Waals surface area contributed by atoms with Crippen molar-refractivity contribution >= 4 is 11.6 Å². The molecule has 2 aliphatic rings. The first-order valence-corrected chi connectivity index (χ1v) is 6.71. The lowest BCUT2D eigenvalue weighted by Crippen LogP contribution is -2.49. The third-order valence-corrected chi connectivity index (χ3v) is 3.78. The highest BCUT2D eigenvalue weighted by Gasteiger charge is 2.35. The number of anilines is 1. The average Bonchev–Trinajstić information content (AvgIpc) is 2.83. The van der Waals surface area contributed by atoms with E-state index in [0.29, 0.717) is 12.5 Å². The fourth-order valence-corrected chi connectivity index (χ4v) is 2.87. The number of nitrogens with zero attached hydrogens (tertiary/aromatic N) is 2. The number of amides is 1. The Morgan fingerprint density at radius 2 is 1.83 bits per heavy atom. The van der Waals surface area contributed by atoms with Gasteiger partial charge in [-0.05, 0) is 38.1 Å². The maximum atomic E-state index is 12.1. The predicted octanol–water partition coefficient (Wildman–Crippen LogP) is 1.39. The van der Waals surface area contributed by atoms with Gasteiger partial charge in [-0.15, -0.1) is 0 Å². The maximum Gasteiger partial charge on any atom is 0.242 e.